The van der Waals surface area contributed by atoms with Crippen molar-refractivity contribution in [2.75, 3.05) is 27.2 Å². The van der Waals surface area contributed by atoms with Gasteiger partial charge in [-0.05, 0) is 24.3 Å². The number of likely N-dealkylation sites (N-methyl/N-ethyl adjacent to an activating group) is 2. The minimum absolute atomic E-state index is 0.563. The first-order valence-electron chi connectivity index (χ1n) is 7.76. The minimum Gasteiger partial charge on any atom is -0.298 e. The van der Waals surface area contributed by atoms with E-state index in [9.17, 15) is 0 Å². The molecule has 2 rings (SSSR count). The lowest BCUT2D eigenvalue weighted by Gasteiger charge is -2.18. The zero-order chi connectivity index (χ0) is 19.1. The van der Waals surface area contributed by atoms with E-state index >= 15 is 0 Å². The summed E-state index contributed by atoms with van der Waals surface area (Å²) in [5.74, 6) is 0. The topological polar surface area (TPSA) is 31.2 Å². The van der Waals surface area contributed by atoms with Crippen LogP contribution in [0.25, 0.3) is 0 Å². The van der Waals surface area contributed by atoms with Gasteiger partial charge in [-0.2, -0.15) is 10.2 Å². The molecule has 0 atom stereocenters. The Morgan fingerprint density at radius 2 is 1.00 bits per heavy atom. The van der Waals surface area contributed by atoms with Crippen molar-refractivity contribution in [2.45, 2.75) is 0 Å². The molecule has 138 valence electrons. The van der Waals surface area contributed by atoms with Gasteiger partial charge in [0.2, 0.25) is 0 Å². The molecule has 2 aromatic carbocycles. The lowest BCUT2D eigenvalue weighted by atomic mass is 10.2. The summed E-state index contributed by atoms with van der Waals surface area (Å²) in [7, 11) is 3.73. The first kappa shape index (κ1) is 20.8. The molecule has 0 fully saturated rings. The molecule has 0 bridgehead atoms. The van der Waals surface area contributed by atoms with Crippen LogP contribution in [0.1, 0.15) is 11.1 Å². The van der Waals surface area contributed by atoms with Gasteiger partial charge in [-0.1, -0.05) is 58.5 Å². The fraction of sp³-hybridized carbons (Fsp3) is 0.222. The van der Waals surface area contributed by atoms with E-state index in [1.54, 1.807) is 58.8 Å². The van der Waals surface area contributed by atoms with Crippen molar-refractivity contribution >= 4 is 58.8 Å². The predicted octanol–water partition coefficient (Wildman–Crippen LogP) is 5.53. The van der Waals surface area contributed by atoms with Crippen LogP contribution in [0.3, 0.4) is 0 Å². The van der Waals surface area contributed by atoms with Crippen LogP contribution in [0.15, 0.2) is 46.6 Å². The monoisotopic (exact) mass is 430 g/mol. The second-order valence-electron chi connectivity index (χ2n) is 5.52. The van der Waals surface area contributed by atoms with Crippen LogP contribution in [-0.2, 0) is 0 Å². The number of hydrazone groups is 2. The molecule has 0 spiro atoms. The Hall–Kier alpha value is -1.46. The molecule has 8 heteroatoms. The van der Waals surface area contributed by atoms with Gasteiger partial charge in [0.05, 0.1) is 45.6 Å². The highest BCUT2D eigenvalue weighted by Crippen LogP contribution is 2.23. The summed E-state index contributed by atoms with van der Waals surface area (Å²) in [4.78, 5) is 0. The number of benzene rings is 2. The second kappa shape index (κ2) is 10.0. The molecular weight excluding hydrogens is 414 g/mol. The Bertz CT molecular complexity index is 700. The summed E-state index contributed by atoms with van der Waals surface area (Å²) >= 11 is 24.5. The van der Waals surface area contributed by atoms with E-state index < -0.39 is 0 Å². The van der Waals surface area contributed by atoms with E-state index in [4.69, 9.17) is 46.4 Å². The summed E-state index contributed by atoms with van der Waals surface area (Å²) in [6.07, 6.45) is 3.30. The van der Waals surface area contributed by atoms with Gasteiger partial charge in [-0.15, -0.1) is 0 Å². The summed E-state index contributed by atoms with van der Waals surface area (Å²) in [6, 6.07) is 10.7. The third-order valence-electron chi connectivity index (χ3n) is 3.51. The maximum Gasteiger partial charge on any atom is 0.0572 e. The number of nitrogens with zero attached hydrogens (tertiary/aromatic N) is 4. The molecule has 0 aliphatic heterocycles. The van der Waals surface area contributed by atoms with Crippen LogP contribution in [0, 0.1) is 0 Å². The molecule has 0 aliphatic rings. The Morgan fingerprint density at radius 1 is 0.692 bits per heavy atom. The van der Waals surface area contributed by atoms with Crippen LogP contribution in [0.4, 0.5) is 0 Å². The third-order valence-corrected chi connectivity index (χ3v) is 4.83. The van der Waals surface area contributed by atoms with E-state index in [1.807, 2.05) is 14.1 Å². The molecule has 0 unspecified atom stereocenters. The summed E-state index contributed by atoms with van der Waals surface area (Å²) in [5.41, 5.74) is 1.39. The number of hydrogen-bond donors (Lipinski definition) is 0. The van der Waals surface area contributed by atoms with Gasteiger partial charge in [0.25, 0.3) is 0 Å². The highest BCUT2D eigenvalue weighted by molar-refractivity contribution is 6.39. The van der Waals surface area contributed by atoms with Gasteiger partial charge in [0, 0.05) is 25.2 Å². The van der Waals surface area contributed by atoms with Crippen LogP contribution < -0.4 is 0 Å². The van der Waals surface area contributed by atoms with Crippen LogP contribution >= 0.6 is 46.4 Å². The van der Waals surface area contributed by atoms with Gasteiger partial charge >= 0.3 is 0 Å². The Balaban J connectivity index is 1.90. The highest BCUT2D eigenvalue weighted by atomic mass is 35.5. The maximum atomic E-state index is 6.12. The van der Waals surface area contributed by atoms with Crippen molar-refractivity contribution < 1.29 is 0 Å². The molecule has 0 radical (unpaired) electrons. The first-order chi connectivity index (χ1) is 12.4. The van der Waals surface area contributed by atoms with E-state index in [0.717, 1.165) is 0 Å². The molecule has 0 saturated heterocycles. The molecule has 0 saturated carbocycles. The van der Waals surface area contributed by atoms with Gasteiger partial charge in [-0.25, -0.2) is 0 Å². The Labute approximate surface area is 173 Å². The molecule has 0 N–H and O–H groups in total. The predicted molar refractivity (Wildman–Crippen MR) is 113 cm³/mol. The van der Waals surface area contributed by atoms with Crippen molar-refractivity contribution in [3.63, 3.8) is 0 Å². The molecule has 0 heterocycles. The van der Waals surface area contributed by atoms with E-state index in [-0.39, 0.29) is 0 Å². The summed E-state index contributed by atoms with van der Waals surface area (Å²) in [5, 5.41) is 14.5. The lowest BCUT2D eigenvalue weighted by Crippen LogP contribution is -2.25. The Kier molecular flexibility index (Phi) is 8.04. The van der Waals surface area contributed by atoms with E-state index in [1.165, 1.54) is 0 Å². The van der Waals surface area contributed by atoms with Crippen LogP contribution in [0.2, 0.25) is 20.1 Å². The Morgan fingerprint density at radius 3 is 1.31 bits per heavy atom. The lowest BCUT2D eigenvalue weighted by molar-refractivity contribution is 0.272. The second-order valence-corrected chi connectivity index (χ2v) is 7.15. The zero-order valence-electron chi connectivity index (χ0n) is 14.3. The number of hydrogen-bond acceptors (Lipinski definition) is 4. The first-order valence-corrected chi connectivity index (χ1v) is 9.28. The maximum absolute atomic E-state index is 6.12. The molecule has 4 nitrogen and oxygen atoms in total. The minimum atomic E-state index is 0.563. The molecule has 26 heavy (non-hydrogen) atoms. The summed E-state index contributed by atoms with van der Waals surface area (Å²) in [6.45, 7) is 1.31. The largest absolute Gasteiger partial charge is 0.298 e. The van der Waals surface area contributed by atoms with Gasteiger partial charge < -0.3 is 0 Å². The number of halogens is 4. The van der Waals surface area contributed by atoms with Gasteiger partial charge in [0.1, 0.15) is 0 Å². The third kappa shape index (κ3) is 6.06. The molecule has 2 aromatic rings. The van der Waals surface area contributed by atoms with Crippen LogP contribution in [-0.4, -0.2) is 49.6 Å². The summed E-state index contributed by atoms with van der Waals surface area (Å²) < 4.78 is 0. The quantitative estimate of drug-likeness (QED) is 0.426. The average molecular weight is 432 g/mol. The van der Waals surface area contributed by atoms with Crippen LogP contribution in [0.5, 0.6) is 0 Å². The highest BCUT2D eigenvalue weighted by Gasteiger charge is 2.04. The molecule has 0 aliphatic carbocycles. The van der Waals surface area contributed by atoms with E-state index in [0.29, 0.717) is 44.3 Å². The zero-order valence-corrected chi connectivity index (χ0v) is 17.4. The van der Waals surface area contributed by atoms with Crippen molar-refractivity contribution in [1.29, 1.82) is 0 Å². The number of rotatable bonds is 7. The van der Waals surface area contributed by atoms with E-state index in [2.05, 4.69) is 10.2 Å². The molecule has 0 amide bonds. The standard InChI is InChI=1S/C18H18Cl4N4/c1-25(23-11-13-15(19)5-3-6-16(13)20)9-10-26(2)24-12-14-17(21)7-4-8-18(14)22/h3-8,11-12H,9-10H2,1-2H3/b23-11-,24-12+. The fourth-order valence-electron chi connectivity index (χ4n) is 1.99. The van der Waals surface area contributed by atoms with Crippen molar-refractivity contribution in [1.82, 2.24) is 10.0 Å². The van der Waals surface area contributed by atoms with Crippen molar-refractivity contribution in [3.8, 4) is 0 Å². The average Bonchev–Trinajstić information content (AvgIpc) is 2.59. The smallest absolute Gasteiger partial charge is 0.0572 e. The molecule has 0 aromatic heterocycles. The fourth-order valence-corrected chi connectivity index (χ4v) is 2.98. The van der Waals surface area contributed by atoms with Gasteiger partial charge in [0.15, 0.2) is 0 Å². The van der Waals surface area contributed by atoms with Gasteiger partial charge in [-0.3, -0.25) is 10.0 Å². The normalized spacial score (nSPS) is 11.5. The SMILES string of the molecule is CN(CCN(C)/N=C/c1c(Cl)cccc1Cl)/N=C\c1c(Cl)cccc1Cl. The molecular formula is C18H18Cl4N4. The van der Waals surface area contributed by atoms with Crippen molar-refractivity contribution in [3.05, 3.63) is 67.6 Å². The van der Waals surface area contributed by atoms with Crippen molar-refractivity contribution in [2.24, 2.45) is 10.2 Å².